The van der Waals surface area contributed by atoms with Gasteiger partial charge in [0.25, 0.3) is 0 Å². The van der Waals surface area contributed by atoms with Gasteiger partial charge >= 0.3 is 5.82 Å². The van der Waals surface area contributed by atoms with Gasteiger partial charge in [-0.25, -0.2) is 4.39 Å². The van der Waals surface area contributed by atoms with Crippen molar-refractivity contribution in [3.05, 3.63) is 50.9 Å². The SMILES string of the molecule is O=[N+]([O-])c1nn(CC2Cc3cc(F)ccc3O2)cc1Cl. The van der Waals surface area contributed by atoms with E-state index in [-0.39, 0.29) is 22.8 Å². The van der Waals surface area contributed by atoms with Crippen LogP contribution >= 0.6 is 11.6 Å². The van der Waals surface area contributed by atoms with Crippen molar-refractivity contribution in [2.75, 3.05) is 0 Å². The average Bonchev–Trinajstić information content (AvgIpc) is 2.92. The Labute approximate surface area is 117 Å². The van der Waals surface area contributed by atoms with Gasteiger partial charge in [-0.3, -0.25) is 0 Å². The van der Waals surface area contributed by atoms with Crippen LogP contribution < -0.4 is 4.74 Å². The zero-order chi connectivity index (χ0) is 14.3. The molecule has 0 saturated carbocycles. The molecular formula is C12H9ClFN3O3. The molecule has 2 aromatic rings. The second-order valence-electron chi connectivity index (χ2n) is 4.48. The monoisotopic (exact) mass is 297 g/mol. The standard InChI is InChI=1S/C12H9ClFN3O3/c13-10-6-16(15-12(10)17(18)19)5-9-4-7-3-8(14)1-2-11(7)20-9/h1-3,6,9H,4-5H2. The molecule has 1 unspecified atom stereocenters. The molecule has 20 heavy (non-hydrogen) atoms. The van der Waals surface area contributed by atoms with Crippen molar-refractivity contribution in [3.63, 3.8) is 0 Å². The maximum Gasteiger partial charge on any atom is 0.408 e. The summed E-state index contributed by atoms with van der Waals surface area (Å²) in [7, 11) is 0. The lowest BCUT2D eigenvalue weighted by molar-refractivity contribution is -0.389. The fourth-order valence-electron chi connectivity index (χ4n) is 2.20. The van der Waals surface area contributed by atoms with Crippen molar-refractivity contribution < 1.29 is 14.1 Å². The van der Waals surface area contributed by atoms with E-state index in [1.165, 1.54) is 23.0 Å². The van der Waals surface area contributed by atoms with Crippen LogP contribution in [0, 0.1) is 15.9 Å². The van der Waals surface area contributed by atoms with Crippen LogP contribution in [0.2, 0.25) is 5.02 Å². The highest BCUT2D eigenvalue weighted by atomic mass is 35.5. The Morgan fingerprint density at radius 1 is 1.60 bits per heavy atom. The average molecular weight is 298 g/mol. The van der Waals surface area contributed by atoms with E-state index < -0.39 is 4.92 Å². The van der Waals surface area contributed by atoms with Crippen molar-refractivity contribution in [3.8, 4) is 5.75 Å². The minimum atomic E-state index is -0.640. The largest absolute Gasteiger partial charge is 0.488 e. The Morgan fingerprint density at radius 3 is 3.10 bits per heavy atom. The summed E-state index contributed by atoms with van der Waals surface area (Å²) in [6.45, 7) is 0.309. The lowest BCUT2D eigenvalue weighted by Gasteiger charge is -2.07. The third-order valence-electron chi connectivity index (χ3n) is 3.03. The molecule has 0 N–H and O–H groups in total. The maximum atomic E-state index is 13.1. The normalized spacial score (nSPS) is 16.8. The quantitative estimate of drug-likeness (QED) is 0.645. The summed E-state index contributed by atoms with van der Waals surface area (Å²) in [4.78, 5) is 10.0. The minimum Gasteiger partial charge on any atom is -0.488 e. The van der Waals surface area contributed by atoms with E-state index in [1.54, 1.807) is 6.07 Å². The molecule has 0 amide bonds. The lowest BCUT2D eigenvalue weighted by atomic mass is 10.1. The molecule has 0 bridgehead atoms. The number of halogens is 2. The summed E-state index contributed by atoms with van der Waals surface area (Å²) in [5.41, 5.74) is 0.780. The number of nitro groups is 1. The van der Waals surface area contributed by atoms with Gasteiger partial charge in [-0.05, 0) is 23.1 Å². The summed E-state index contributed by atoms with van der Waals surface area (Å²) in [5.74, 6) is -0.0665. The number of benzene rings is 1. The number of fused-ring (bicyclic) bond motifs is 1. The molecule has 3 rings (SSSR count). The predicted octanol–water partition coefficient (Wildman–Crippen LogP) is 2.59. The van der Waals surface area contributed by atoms with Gasteiger partial charge in [-0.1, -0.05) is 11.6 Å². The van der Waals surface area contributed by atoms with E-state index in [1.807, 2.05) is 0 Å². The predicted molar refractivity (Wildman–Crippen MR) is 68.4 cm³/mol. The summed E-state index contributed by atoms with van der Waals surface area (Å²) in [6.07, 6.45) is 1.66. The van der Waals surface area contributed by atoms with Gasteiger partial charge in [-0.2, -0.15) is 4.68 Å². The molecular weight excluding hydrogens is 289 g/mol. The first kappa shape index (κ1) is 12.9. The van der Waals surface area contributed by atoms with Crippen LogP contribution in [0.1, 0.15) is 5.56 Å². The number of aromatic nitrogens is 2. The first-order valence-corrected chi connectivity index (χ1v) is 6.23. The fraction of sp³-hybridized carbons (Fsp3) is 0.250. The third-order valence-corrected chi connectivity index (χ3v) is 3.29. The van der Waals surface area contributed by atoms with Crippen molar-refractivity contribution >= 4 is 17.4 Å². The Balaban J connectivity index is 1.75. The number of nitrogens with zero attached hydrogens (tertiary/aromatic N) is 3. The highest BCUT2D eigenvalue weighted by Gasteiger charge is 2.27. The molecule has 2 heterocycles. The fourth-order valence-corrected chi connectivity index (χ4v) is 2.42. The smallest absolute Gasteiger partial charge is 0.408 e. The summed E-state index contributed by atoms with van der Waals surface area (Å²) >= 11 is 5.72. The van der Waals surface area contributed by atoms with Gasteiger partial charge in [0, 0.05) is 12.0 Å². The van der Waals surface area contributed by atoms with Crippen LogP contribution in [-0.2, 0) is 13.0 Å². The van der Waals surface area contributed by atoms with Gasteiger partial charge in [0.05, 0.1) is 17.8 Å². The molecule has 1 aromatic heterocycles. The summed E-state index contributed by atoms with van der Waals surface area (Å²) < 4.78 is 20.1. The highest BCUT2D eigenvalue weighted by molar-refractivity contribution is 6.32. The Morgan fingerprint density at radius 2 is 2.40 bits per heavy atom. The Hall–Kier alpha value is -2.15. The van der Waals surface area contributed by atoms with E-state index in [0.29, 0.717) is 18.7 Å². The van der Waals surface area contributed by atoms with E-state index in [9.17, 15) is 14.5 Å². The van der Waals surface area contributed by atoms with Crippen molar-refractivity contribution in [2.24, 2.45) is 0 Å². The topological polar surface area (TPSA) is 70.2 Å². The van der Waals surface area contributed by atoms with Gasteiger partial charge in [0.1, 0.15) is 17.7 Å². The van der Waals surface area contributed by atoms with Crippen LogP contribution in [0.5, 0.6) is 5.75 Å². The van der Waals surface area contributed by atoms with E-state index >= 15 is 0 Å². The molecule has 1 aromatic carbocycles. The van der Waals surface area contributed by atoms with Crippen LogP contribution in [0.25, 0.3) is 0 Å². The van der Waals surface area contributed by atoms with Crippen molar-refractivity contribution in [1.29, 1.82) is 0 Å². The lowest BCUT2D eigenvalue weighted by Crippen LogP contribution is -2.21. The highest BCUT2D eigenvalue weighted by Crippen LogP contribution is 2.30. The molecule has 1 aliphatic rings. The summed E-state index contributed by atoms with van der Waals surface area (Å²) in [5, 5.41) is 14.4. The molecule has 1 atom stereocenters. The minimum absolute atomic E-state index is 0.0171. The van der Waals surface area contributed by atoms with E-state index in [4.69, 9.17) is 16.3 Å². The molecule has 0 spiro atoms. The number of ether oxygens (including phenoxy) is 1. The van der Waals surface area contributed by atoms with Crippen LogP contribution in [0.3, 0.4) is 0 Å². The van der Waals surface area contributed by atoms with E-state index in [0.717, 1.165) is 5.56 Å². The number of hydrogen-bond acceptors (Lipinski definition) is 4. The molecule has 0 saturated heterocycles. The van der Waals surface area contributed by atoms with Gasteiger partial charge in [-0.15, -0.1) is 0 Å². The molecule has 0 aliphatic carbocycles. The molecule has 8 heteroatoms. The van der Waals surface area contributed by atoms with Crippen molar-refractivity contribution in [2.45, 2.75) is 19.1 Å². The molecule has 0 radical (unpaired) electrons. The second-order valence-corrected chi connectivity index (χ2v) is 4.88. The van der Waals surface area contributed by atoms with Gasteiger partial charge < -0.3 is 14.9 Å². The Bertz CT molecular complexity index is 689. The van der Waals surface area contributed by atoms with Crippen LogP contribution in [0.4, 0.5) is 10.2 Å². The Kier molecular flexibility index (Phi) is 3.06. The molecule has 6 nitrogen and oxygen atoms in total. The van der Waals surface area contributed by atoms with Crippen LogP contribution in [-0.4, -0.2) is 20.8 Å². The summed E-state index contributed by atoms with van der Waals surface area (Å²) in [6, 6.07) is 4.33. The molecule has 104 valence electrons. The molecule has 1 aliphatic heterocycles. The zero-order valence-electron chi connectivity index (χ0n) is 10.1. The van der Waals surface area contributed by atoms with Crippen molar-refractivity contribution in [1.82, 2.24) is 9.78 Å². The van der Waals surface area contributed by atoms with E-state index in [2.05, 4.69) is 5.10 Å². The second kappa shape index (κ2) is 4.75. The zero-order valence-corrected chi connectivity index (χ0v) is 10.9. The number of hydrogen-bond donors (Lipinski definition) is 0. The van der Waals surface area contributed by atoms with Crippen LogP contribution in [0.15, 0.2) is 24.4 Å². The maximum absolute atomic E-state index is 13.1. The van der Waals surface area contributed by atoms with Gasteiger partial charge in [0.2, 0.25) is 0 Å². The molecule has 0 fully saturated rings. The third kappa shape index (κ3) is 2.32. The first-order chi connectivity index (χ1) is 9.52. The first-order valence-electron chi connectivity index (χ1n) is 5.85. The number of rotatable bonds is 3. The van der Waals surface area contributed by atoms with Gasteiger partial charge in [0.15, 0.2) is 5.02 Å².